The second-order valence-corrected chi connectivity index (χ2v) is 7.44. The number of hydrogen-bond donors (Lipinski definition) is 0. The Labute approximate surface area is 161 Å². The van der Waals surface area contributed by atoms with E-state index >= 15 is 0 Å². The van der Waals surface area contributed by atoms with Gasteiger partial charge in [0, 0.05) is 11.8 Å². The maximum absolute atomic E-state index is 6.34. The molecule has 0 fully saturated rings. The van der Waals surface area contributed by atoms with Crippen LogP contribution in [-0.2, 0) is 0 Å². The minimum absolute atomic E-state index is 0.478. The lowest BCUT2D eigenvalue weighted by Gasteiger charge is -2.01. The van der Waals surface area contributed by atoms with Gasteiger partial charge in [0.2, 0.25) is 10.8 Å². The van der Waals surface area contributed by atoms with Crippen molar-refractivity contribution in [3.05, 3.63) is 58.3 Å². The van der Waals surface area contributed by atoms with E-state index < -0.39 is 0 Å². The van der Waals surface area contributed by atoms with Gasteiger partial charge in [-0.25, -0.2) is 4.98 Å². The lowest BCUT2D eigenvalue weighted by Crippen LogP contribution is -1.96. The van der Waals surface area contributed by atoms with Gasteiger partial charge in [-0.05, 0) is 25.1 Å². The van der Waals surface area contributed by atoms with Crippen LogP contribution in [0.1, 0.15) is 5.69 Å². The number of fused-ring (bicyclic) bond motifs is 2. The summed E-state index contributed by atoms with van der Waals surface area (Å²) in [6, 6.07) is 11.3. The van der Waals surface area contributed by atoms with E-state index in [1.54, 1.807) is 10.6 Å². The molecule has 0 unspecified atom stereocenters. The first-order valence-corrected chi connectivity index (χ1v) is 9.31. The standard InChI is InChI=1S/C17H10Cl2N6S/c1-9-14(24-8-3-2-7-12(24)20-9)15-21-22-17-25(15)23-16(26-17)10-5-4-6-11(18)13(10)19/h2-8H,1H3. The molecule has 26 heavy (non-hydrogen) atoms. The molecule has 0 bridgehead atoms. The third-order valence-electron chi connectivity index (χ3n) is 4.09. The van der Waals surface area contributed by atoms with Crippen molar-refractivity contribution in [3.63, 3.8) is 0 Å². The smallest absolute Gasteiger partial charge is 0.235 e. The molecule has 4 heterocycles. The third-order valence-corrected chi connectivity index (χ3v) is 5.84. The van der Waals surface area contributed by atoms with Crippen LogP contribution in [-0.4, -0.2) is 29.2 Å². The van der Waals surface area contributed by atoms with E-state index in [-0.39, 0.29) is 0 Å². The van der Waals surface area contributed by atoms with Crippen LogP contribution in [0.15, 0.2) is 42.6 Å². The summed E-state index contributed by atoms with van der Waals surface area (Å²) < 4.78 is 3.71. The number of aromatic nitrogens is 6. The highest BCUT2D eigenvalue weighted by Gasteiger charge is 2.21. The zero-order chi connectivity index (χ0) is 17.8. The number of benzene rings is 1. The number of imidazole rings is 1. The number of hydrogen-bond acceptors (Lipinski definition) is 5. The zero-order valence-corrected chi connectivity index (χ0v) is 15.7. The van der Waals surface area contributed by atoms with Gasteiger partial charge in [0.1, 0.15) is 16.3 Å². The van der Waals surface area contributed by atoms with Crippen LogP contribution in [0.3, 0.4) is 0 Å². The molecule has 0 spiro atoms. The van der Waals surface area contributed by atoms with E-state index in [0.717, 1.165) is 27.6 Å². The summed E-state index contributed by atoms with van der Waals surface area (Å²) in [6.45, 7) is 1.95. The fraction of sp³-hybridized carbons (Fsp3) is 0.0588. The predicted molar refractivity (Wildman–Crippen MR) is 103 cm³/mol. The van der Waals surface area contributed by atoms with Gasteiger partial charge >= 0.3 is 0 Å². The first kappa shape index (κ1) is 15.7. The lowest BCUT2D eigenvalue weighted by atomic mass is 10.2. The topological polar surface area (TPSA) is 60.4 Å². The maximum atomic E-state index is 6.34. The third kappa shape index (κ3) is 2.25. The highest BCUT2D eigenvalue weighted by atomic mass is 35.5. The number of nitrogens with zero attached hydrogens (tertiary/aromatic N) is 6. The molecule has 0 atom stereocenters. The Morgan fingerprint density at radius 2 is 1.92 bits per heavy atom. The molecule has 0 aliphatic carbocycles. The molecular formula is C17H10Cl2N6S. The normalized spacial score (nSPS) is 11.7. The van der Waals surface area contributed by atoms with Crippen LogP contribution in [0.25, 0.3) is 32.7 Å². The Morgan fingerprint density at radius 3 is 2.81 bits per heavy atom. The average Bonchev–Trinajstić information content (AvgIpc) is 3.29. The minimum Gasteiger partial charge on any atom is -0.297 e. The van der Waals surface area contributed by atoms with Gasteiger partial charge in [0.15, 0.2) is 0 Å². The van der Waals surface area contributed by atoms with Gasteiger partial charge in [0.05, 0.1) is 15.7 Å². The molecular weight excluding hydrogens is 391 g/mol. The van der Waals surface area contributed by atoms with Crippen LogP contribution in [0, 0.1) is 6.92 Å². The molecule has 1 aromatic carbocycles. The van der Waals surface area contributed by atoms with Gasteiger partial charge in [-0.2, -0.15) is 9.61 Å². The van der Waals surface area contributed by atoms with Crippen molar-refractivity contribution in [3.8, 4) is 22.1 Å². The molecule has 0 radical (unpaired) electrons. The number of pyridine rings is 1. The van der Waals surface area contributed by atoms with E-state index in [1.807, 2.05) is 47.9 Å². The monoisotopic (exact) mass is 400 g/mol. The summed E-state index contributed by atoms with van der Waals surface area (Å²) in [4.78, 5) is 5.26. The van der Waals surface area contributed by atoms with E-state index in [2.05, 4.69) is 20.3 Å². The molecule has 0 amide bonds. The first-order valence-electron chi connectivity index (χ1n) is 7.74. The number of aryl methyl sites for hydroxylation is 1. The van der Waals surface area contributed by atoms with Crippen molar-refractivity contribution < 1.29 is 0 Å². The molecule has 0 aliphatic rings. The van der Waals surface area contributed by atoms with Gasteiger partial charge in [-0.15, -0.1) is 10.2 Å². The largest absolute Gasteiger partial charge is 0.297 e. The molecule has 5 rings (SSSR count). The van der Waals surface area contributed by atoms with Gasteiger partial charge < -0.3 is 0 Å². The molecule has 5 aromatic rings. The summed E-state index contributed by atoms with van der Waals surface area (Å²) in [5.41, 5.74) is 3.35. The predicted octanol–water partition coefficient (Wildman–Crippen LogP) is 4.78. The SMILES string of the molecule is Cc1nc2ccccn2c1-c1nnc2sc(-c3cccc(Cl)c3Cl)nn12. The Kier molecular flexibility index (Phi) is 3.49. The quantitative estimate of drug-likeness (QED) is 0.427. The Hall–Kier alpha value is -2.48. The number of halogens is 2. The summed E-state index contributed by atoms with van der Waals surface area (Å²) in [6.07, 6.45) is 1.95. The summed E-state index contributed by atoms with van der Waals surface area (Å²) in [7, 11) is 0. The highest BCUT2D eigenvalue weighted by Crippen LogP contribution is 2.36. The molecule has 9 heteroatoms. The fourth-order valence-electron chi connectivity index (χ4n) is 2.93. The first-order chi connectivity index (χ1) is 12.6. The van der Waals surface area contributed by atoms with Crippen molar-refractivity contribution in [1.82, 2.24) is 29.2 Å². The second-order valence-electron chi connectivity index (χ2n) is 5.70. The summed E-state index contributed by atoms with van der Waals surface area (Å²) >= 11 is 13.9. The van der Waals surface area contributed by atoms with Crippen molar-refractivity contribution in [1.29, 1.82) is 0 Å². The van der Waals surface area contributed by atoms with Crippen LogP contribution < -0.4 is 0 Å². The fourth-order valence-corrected chi connectivity index (χ4v) is 4.24. The van der Waals surface area contributed by atoms with Crippen molar-refractivity contribution >= 4 is 45.1 Å². The molecule has 0 saturated carbocycles. The Balaban J connectivity index is 1.74. The van der Waals surface area contributed by atoms with Crippen LogP contribution in [0.2, 0.25) is 10.0 Å². The second kappa shape index (κ2) is 5.77. The Morgan fingerprint density at radius 1 is 1.04 bits per heavy atom. The van der Waals surface area contributed by atoms with E-state index in [1.165, 1.54) is 11.3 Å². The van der Waals surface area contributed by atoms with E-state index in [9.17, 15) is 0 Å². The summed E-state index contributed by atoms with van der Waals surface area (Å²) in [5, 5.41) is 15.0. The highest BCUT2D eigenvalue weighted by molar-refractivity contribution is 7.19. The van der Waals surface area contributed by atoms with E-state index in [0.29, 0.717) is 20.8 Å². The van der Waals surface area contributed by atoms with Crippen LogP contribution in [0.5, 0.6) is 0 Å². The zero-order valence-electron chi connectivity index (χ0n) is 13.4. The lowest BCUT2D eigenvalue weighted by molar-refractivity contribution is 0.954. The maximum Gasteiger partial charge on any atom is 0.235 e. The van der Waals surface area contributed by atoms with Gasteiger partial charge in [-0.1, -0.05) is 52.7 Å². The van der Waals surface area contributed by atoms with Crippen LogP contribution in [0.4, 0.5) is 0 Å². The summed E-state index contributed by atoms with van der Waals surface area (Å²) in [5.74, 6) is 0.636. The molecule has 128 valence electrons. The molecule has 0 saturated heterocycles. The number of rotatable bonds is 2. The average molecular weight is 401 g/mol. The van der Waals surface area contributed by atoms with E-state index in [4.69, 9.17) is 23.2 Å². The Bertz CT molecular complexity index is 1290. The van der Waals surface area contributed by atoms with Gasteiger partial charge in [-0.3, -0.25) is 4.40 Å². The van der Waals surface area contributed by atoms with Gasteiger partial charge in [0.25, 0.3) is 0 Å². The minimum atomic E-state index is 0.478. The molecule has 0 aliphatic heterocycles. The van der Waals surface area contributed by atoms with Crippen LogP contribution >= 0.6 is 34.5 Å². The molecule has 4 aromatic heterocycles. The van der Waals surface area contributed by atoms with Crippen molar-refractivity contribution in [2.75, 3.05) is 0 Å². The molecule has 6 nitrogen and oxygen atoms in total. The molecule has 0 N–H and O–H groups in total. The van der Waals surface area contributed by atoms with Crippen molar-refractivity contribution in [2.45, 2.75) is 6.92 Å². The van der Waals surface area contributed by atoms with Crippen molar-refractivity contribution in [2.24, 2.45) is 0 Å².